The molecular weight excluding hydrogens is 642 g/mol. The van der Waals surface area contributed by atoms with Gasteiger partial charge in [0, 0.05) is 30.8 Å². The van der Waals surface area contributed by atoms with Crippen molar-refractivity contribution in [2.75, 3.05) is 23.8 Å². The second kappa shape index (κ2) is 15.9. The van der Waals surface area contributed by atoms with Crippen molar-refractivity contribution in [3.63, 3.8) is 0 Å². The van der Waals surface area contributed by atoms with Crippen LogP contribution in [0.2, 0.25) is 0 Å². The number of carboxylic acid groups (broad SMARTS) is 1. The van der Waals surface area contributed by atoms with E-state index in [9.17, 15) is 29.7 Å². The number of nitrogens with zero attached hydrogens (tertiary/aromatic N) is 1. The summed E-state index contributed by atoms with van der Waals surface area (Å²) < 4.78 is 12.6. The summed E-state index contributed by atoms with van der Waals surface area (Å²) in [5, 5.41) is 38.4. The first-order valence-electron chi connectivity index (χ1n) is 15.2. The van der Waals surface area contributed by atoms with Crippen LogP contribution in [-0.2, 0) is 24.3 Å². The number of hydrogen-bond donors (Lipinski definition) is 6. The van der Waals surface area contributed by atoms with Crippen LogP contribution in [0.3, 0.4) is 0 Å². The number of aliphatic hydroxyl groups is 1. The molecule has 2 amide bonds. The van der Waals surface area contributed by atoms with Crippen LogP contribution in [0.15, 0.2) is 88.1 Å². The predicted octanol–water partition coefficient (Wildman–Crippen LogP) is 5.54. The number of aromatic nitrogens is 1. The molecule has 0 fully saturated rings. The summed E-state index contributed by atoms with van der Waals surface area (Å²) in [5.41, 5.74) is 5.83. The van der Waals surface area contributed by atoms with E-state index in [2.05, 4.69) is 16.0 Å². The van der Waals surface area contributed by atoms with Crippen molar-refractivity contribution in [3.8, 4) is 22.6 Å². The van der Waals surface area contributed by atoms with E-state index in [4.69, 9.17) is 9.15 Å². The van der Waals surface area contributed by atoms with Crippen LogP contribution in [0.25, 0.3) is 22.2 Å². The fourth-order valence-electron chi connectivity index (χ4n) is 5.77. The lowest BCUT2D eigenvalue weighted by atomic mass is 9.99. The number of unbranched alkanes of at least 4 members (excludes halogenated alkanes) is 1. The number of halogens is 2. The van der Waals surface area contributed by atoms with Crippen molar-refractivity contribution in [1.82, 2.24) is 9.88 Å². The first-order chi connectivity index (χ1) is 22.8. The minimum absolute atomic E-state index is 0. The van der Waals surface area contributed by atoms with Crippen LogP contribution in [0.4, 0.5) is 25.6 Å². The number of carbonyl (C=O) groups excluding carboxylic acids is 1. The molecule has 12 nitrogen and oxygen atoms in total. The molecule has 0 saturated carbocycles. The Bertz CT molecular complexity index is 2000. The maximum Gasteiger partial charge on any atom is 0.419 e. The molecular formula is C35H36F2N4O8. The zero-order valence-corrected chi connectivity index (χ0v) is 26.2. The van der Waals surface area contributed by atoms with Gasteiger partial charge < -0.3 is 35.1 Å². The van der Waals surface area contributed by atoms with Crippen molar-refractivity contribution in [2.24, 2.45) is 0 Å². The fourth-order valence-corrected chi connectivity index (χ4v) is 5.77. The molecule has 6 N–H and O–H groups in total. The third-order valence-corrected chi connectivity index (χ3v) is 8.04. The van der Waals surface area contributed by atoms with Crippen molar-refractivity contribution in [1.29, 1.82) is 0 Å². The van der Waals surface area contributed by atoms with Crippen LogP contribution in [-0.4, -0.2) is 45.0 Å². The van der Waals surface area contributed by atoms with Crippen molar-refractivity contribution < 1.29 is 43.5 Å². The van der Waals surface area contributed by atoms with E-state index in [1.54, 1.807) is 16.7 Å². The molecule has 1 aliphatic heterocycles. The van der Waals surface area contributed by atoms with E-state index in [1.807, 2.05) is 60.7 Å². The first kappa shape index (κ1) is 36.1. The van der Waals surface area contributed by atoms with Crippen LogP contribution >= 0.6 is 0 Å². The number of rotatable bonds is 12. The Balaban J connectivity index is 0.00000270. The van der Waals surface area contributed by atoms with Gasteiger partial charge in [0.15, 0.2) is 17.9 Å². The van der Waals surface area contributed by atoms with E-state index in [1.165, 1.54) is 6.07 Å². The minimum Gasteiger partial charge on any atom is -0.506 e. The highest BCUT2D eigenvalue weighted by molar-refractivity contribution is 5.97. The number of hydrogen-bond acceptors (Lipinski definition) is 8. The second-order valence-corrected chi connectivity index (χ2v) is 11.3. The largest absolute Gasteiger partial charge is 0.506 e. The third-order valence-electron chi connectivity index (χ3n) is 8.04. The van der Waals surface area contributed by atoms with Crippen LogP contribution in [0, 0.1) is 0 Å². The second-order valence-electron chi connectivity index (χ2n) is 11.3. The molecule has 49 heavy (non-hydrogen) atoms. The topological polar surface area (TPSA) is 175 Å². The number of oxazole rings is 1. The lowest BCUT2D eigenvalue weighted by Crippen LogP contribution is -2.27. The van der Waals surface area contributed by atoms with Gasteiger partial charge in [0.05, 0.1) is 17.3 Å². The van der Waals surface area contributed by atoms with Crippen molar-refractivity contribution in [3.05, 3.63) is 106 Å². The van der Waals surface area contributed by atoms with Crippen molar-refractivity contribution in [2.45, 2.75) is 38.5 Å². The molecule has 0 unspecified atom stereocenters. The average molecular weight is 679 g/mol. The number of phenolic OH excluding ortho intramolecular Hbond substituents is 1. The Kier molecular flexibility index (Phi) is 11.7. The summed E-state index contributed by atoms with van der Waals surface area (Å²) in [5.74, 6) is -0.727. The normalized spacial score (nSPS) is 12.6. The molecule has 0 spiro atoms. The zero-order valence-electron chi connectivity index (χ0n) is 26.2. The van der Waals surface area contributed by atoms with E-state index in [0.29, 0.717) is 48.3 Å². The van der Waals surface area contributed by atoms with Gasteiger partial charge in [-0.3, -0.25) is 24.1 Å². The number of carbonyl (C=O) groups is 2. The van der Waals surface area contributed by atoms with Gasteiger partial charge in [-0.1, -0.05) is 48.5 Å². The highest BCUT2D eigenvalue weighted by atomic mass is 19.0. The number of nitrogens with one attached hydrogen (secondary N) is 3. The van der Waals surface area contributed by atoms with Crippen LogP contribution < -0.4 is 26.4 Å². The van der Waals surface area contributed by atoms with Crippen LogP contribution in [0.5, 0.6) is 11.5 Å². The number of anilines is 2. The number of aliphatic hydroxyl groups excluding tert-OH is 1. The van der Waals surface area contributed by atoms with E-state index in [-0.39, 0.29) is 45.7 Å². The third kappa shape index (κ3) is 8.23. The highest BCUT2D eigenvalue weighted by Crippen LogP contribution is 2.41. The van der Waals surface area contributed by atoms with Gasteiger partial charge in [-0.15, -0.1) is 0 Å². The Hall–Kier alpha value is -5.73. The molecule has 0 aliphatic carbocycles. The van der Waals surface area contributed by atoms with E-state index in [0.717, 1.165) is 28.7 Å². The van der Waals surface area contributed by atoms with E-state index < -0.39 is 18.0 Å². The fraction of sp³-hybridized carbons (Fsp3) is 0.229. The summed E-state index contributed by atoms with van der Waals surface area (Å²) >= 11 is 0. The monoisotopic (exact) mass is 678 g/mol. The Morgan fingerprint density at radius 3 is 2.51 bits per heavy atom. The van der Waals surface area contributed by atoms with Gasteiger partial charge in [0.25, 0.3) is 5.91 Å². The van der Waals surface area contributed by atoms with E-state index >= 15 is 0 Å². The summed E-state index contributed by atoms with van der Waals surface area (Å²) in [6, 6.07) is 23.8. The van der Waals surface area contributed by atoms with Gasteiger partial charge in [-0.05, 0) is 66.3 Å². The molecule has 2 heterocycles. The lowest BCUT2D eigenvalue weighted by molar-refractivity contribution is -0.118. The number of aryl methyl sites for hydroxylation is 2. The number of fused-ring (bicyclic) bond motifs is 2. The van der Waals surface area contributed by atoms with Gasteiger partial charge in [-0.25, -0.2) is 9.59 Å². The summed E-state index contributed by atoms with van der Waals surface area (Å²) in [7, 11) is 0. The molecule has 258 valence electrons. The predicted molar refractivity (Wildman–Crippen MR) is 181 cm³/mol. The number of amides is 2. The summed E-state index contributed by atoms with van der Waals surface area (Å²) in [4.78, 5) is 35.7. The van der Waals surface area contributed by atoms with Gasteiger partial charge in [0.1, 0.15) is 11.4 Å². The average Bonchev–Trinajstić information content (AvgIpc) is 3.37. The first-order valence-corrected chi connectivity index (χ1v) is 15.2. The molecule has 1 aromatic heterocycles. The molecule has 0 saturated heterocycles. The zero-order chi connectivity index (χ0) is 32.9. The SMILES string of the molecule is F.F.O=C(O)Nc1cc(CCCCn2c(=O)oc3cc(CNC[C@@H](O)c4ccc(O)c5c4OCC(=O)N5)ccc32)ccc1-c1ccccc1. The summed E-state index contributed by atoms with van der Waals surface area (Å²) in [6.07, 6.45) is 0.114. The maximum atomic E-state index is 12.7. The minimum atomic E-state index is -1.12. The summed E-state index contributed by atoms with van der Waals surface area (Å²) in [6.45, 7) is 0.823. The number of benzene rings is 4. The Labute approximate surface area is 278 Å². The Morgan fingerprint density at radius 1 is 0.959 bits per heavy atom. The lowest BCUT2D eigenvalue weighted by Gasteiger charge is -2.23. The van der Waals surface area contributed by atoms with Gasteiger partial charge in [0.2, 0.25) is 0 Å². The standard InChI is InChI=1S/C35H34N4O8.2FH/c40-28-14-12-25(33-32(28)38-31(42)20-46-33)29(41)19-36-18-22-10-13-27-30(17-22)47-35(45)39(27)15-5-4-6-21-9-11-24(23-7-2-1-3-8-23)26(16-21)37-34(43)44;;/h1-3,7-14,16-17,29,36-37,40-41H,4-6,15,18-20H2,(H,38,42)(H,43,44);2*1H/t29-;;/m1../s1. The Morgan fingerprint density at radius 2 is 1.73 bits per heavy atom. The van der Waals surface area contributed by atoms with Gasteiger partial charge in [-0.2, -0.15) is 0 Å². The molecule has 0 bridgehead atoms. The highest BCUT2D eigenvalue weighted by Gasteiger charge is 2.25. The smallest absolute Gasteiger partial charge is 0.419 e. The number of ether oxygens (including phenoxy) is 1. The molecule has 0 radical (unpaired) electrons. The molecule has 14 heteroatoms. The molecule has 1 aliphatic rings. The maximum absolute atomic E-state index is 12.7. The van der Waals surface area contributed by atoms with Crippen molar-refractivity contribution >= 4 is 34.5 Å². The number of aromatic hydroxyl groups is 1. The molecule has 1 atom stereocenters. The molecule has 4 aromatic carbocycles. The quantitative estimate of drug-likeness (QED) is 0.0731. The molecule has 5 aromatic rings. The molecule has 6 rings (SSSR count). The van der Waals surface area contributed by atoms with Gasteiger partial charge >= 0.3 is 11.8 Å². The number of phenols is 1. The van der Waals surface area contributed by atoms with Crippen LogP contribution in [0.1, 0.15) is 35.6 Å².